The van der Waals surface area contributed by atoms with Crippen LogP contribution in [0.1, 0.15) is 142 Å². The highest BCUT2D eigenvalue weighted by atomic mass is 32.2. The Morgan fingerprint density at radius 1 is 0.622 bits per heavy atom. The maximum Gasteiger partial charge on any atom is 0.267 e. The Bertz CT molecular complexity index is 954. The minimum absolute atomic E-state index is 0.250. The van der Waals surface area contributed by atoms with Gasteiger partial charge in [0.25, 0.3) is 10.1 Å². The summed E-state index contributed by atoms with van der Waals surface area (Å²) in [5, 5.41) is 23.2. The number of nitrogens with one attached hydrogen (secondary N) is 1. The van der Waals surface area contributed by atoms with Crippen LogP contribution in [-0.4, -0.2) is 53.1 Å². The number of carbonyl (C=O) groups is 1. The van der Waals surface area contributed by atoms with Crippen molar-refractivity contribution < 1.29 is 28.0 Å². The van der Waals surface area contributed by atoms with Gasteiger partial charge in [0.15, 0.2) is 0 Å². The lowest BCUT2D eigenvalue weighted by molar-refractivity contribution is -0.130. The van der Waals surface area contributed by atoms with Crippen LogP contribution in [0.2, 0.25) is 0 Å². The number of unbranched alkanes of at least 4 members (excludes halogenated alkanes) is 14. The topological polar surface area (TPSA) is 124 Å². The van der Waals surface area contributed by atoms with Crippen LogP contribution < -0.4 is 5.32 Å². The van der Waals surface area contributed by atoms with E-state index in [1.807, 2.05) is 0 Å². The first-order valence-corrected chi connectivity index (χ1v) is 19.2. The van der Waals surface area contributed by atoms with Crippen LogP contribution in [0, 0.1) is 0 Å². The fraction of sp³-hybridized carbons (Fsp3) is 0.703. The van der Waals surface area contributed by atoms with Gasteiger partial charge in [-0.1, -0.05) is 132 Å². The zero-order chi connectivity index (χ0) is 33.4. The summed E-state index contributed by atoms with van der Waals surface area (Å²) in [6.07, 6.45) is 38.4. The number of hydrogen-bond acceptors (Lipinski definition) is 5. The molecule has 3 atom stereocenters. The fourth-order valence-electron chi connectivity index (χ4n) is 4.77. The van der Waals surface area contributed by atoms with Gasteiger partial charge < -0.3 is 15.5 Å². The third kappa shape index (κ3) is 30.4. The van der Waals surface area contributed by atoms with Crippen molar-refractivity contribution >= 4 is 16.0 Å². The predicted molar refractivity (Wildman–Crippen MR) is 190 cm³/mol. The minimum Gasteiger partial charge on any atom is -0.387 e. The SMILES string of the molecule is CCCCC/C=C\C=C/CCCCCCCC(O)C(=O)NC(CS(=O)(=O)O)C(O)/C=C/CC/C=C/CC/C=C/CCCCCC. The smallest absolute Gasteiger partial charge is 0.267 e. The van der Waals surface area contributed by atoms with Gasteiger partial charge in [-0.3, -0.25) is 9.35 Å². The second kappa shape index (κ2) is 30.6. The Hall–Kier alpha value is -2.00. The average molecular weight is 652 g/mol. The number of hydrogen-bond donors (Lipinski definition) is 4. The molecule has 0 saturated heterocycles. The molecule has 260 valence electrons. The average Bonchev–Trinajstić information content (AvgIpc) is 3.00. The van der Waals surface area contributed by atoms with Crippen molar-refractivity contribution in [3.05, 3.63) is 60.8 Å². The quantitative estimate of drug-likeness (QED) is 0.0267. The molecule has 0 aliphatic rings. The molecule has 45 heavy (non-hydrogen) atoms. The Morgan fingerprint density at radius 2 is 1.07 bits per heavy atom. The zero-order valence-electron chi connectivity index (χ0n) is 28.3. The first-order valence-electron chi connectivity index (χ1n) is 17.6. The molecule has 0 spiro atoms. The molecule has 0 radical (unpaired) electrons. The second-order valence-corrected chi connectivity index (χ2v) is 13.4. The molecule has 7 nitrogen and oxygen atoms in total. The number of rotatable bonds is 30. The molecule has 0 aliphatic carbocycles. The highest BCUT2D eigenvalue weighted by Gasteiger charge is 2.27. The molecule has 0 heterocycles. The number of allylic oxidation sites excluding steroid dienone is 9. The molecule has 1 amide bonds. The molecule has 0 rings (SSSR count). The molecule has 0 fully saturated rings. The molecule has 3 unspecified atom stereocenters. The van der Waals surface area contributed by atoms with Crippen LogP contribution in [0.15, 0.2) is 60.8 Å². The van der Waals surface area contributed by atoms with E-state index in [1.165, 1.54) is 51.0 Å². The number of aliphatic hydroxyl groups is 2. The van der Waals surface area contributed by atoms with Crippen molar-refractivity contribution in [3.63, 3.8) is 0 Å². The van der Waals surface area contributed by atoms with Crippen LogP contribution in [0.3, 0.4) is 0 Å². The Balaban J connectivity index is 4.28. The van der Waals surface area contributed by atoms with Crippen LogP contribution >= 0.6 is 0 Å². The van der Waals surface area contributed by atoms with Crippen molar-refractivity contribution in [2.45, 2.75) is 161 Å². The van der Waals surface area contributed by atoms with Gasteiger partial charge in [-0.15, -0.1) is 0 Å². The van der Waals surface area contributed by atoms with Crippen LogP contribution in [0.5, 0.6) is 0 Å². The van der Waals surface area contributed by atoms with E-state index in [9.17, 15) is 28.0 Å². The van der Waals surface area contributed by atoms with Crippen molar-refractivity contribution in [1.29, 1.82) is 0 Å². The molecule has 4 N–H and O–H groups in total. The third-order valence-electron chi connectivity index (χ3n) is 7.53. The number of aliphatic hydroxyl groups excluding tert-OH is 2. The van der Waals surface area contributed by atoms with Crippen LogP contribution in [0.4, 0.5) is 0 Å². The lowest BCUT2D eigenvalue weighted by atomic mass is 10.1. The summed E-state index contributed by atoms with van der Waals surface area (Å²) in [6, 6.07) is -1.26. The number of carbonyl (C=O) groups excluding carboxylic acids is 1. The minimum atomic E-state index is -4.46. The highest BCUT2D eigenvalue weighted by Crippen LogP contribution is 2.11. The van der Waals surface area contributed by atoms with Gasteiger partial charge in [-0.2, -0.15) is 8.42 Å². The maximum absolute atomic E-state index is 12.5. The van der Waals surface area contributed by atoms with Gasteiger partial charge in [0.2, 0.25) is 5.91 Å². The Labute approximate surface area is 275 Å². The summed E-state index contributed by atoms with van der Waals surface area (Å²) in [6.45, 7) is 4.42. The summed E-state index contributed by atoms with van der Waals surface area (Å²) in [5.41, 5.74) is 0. The van der Waals surface area contributed by atoms with E-state index in [-0.39, 0.29) is 6.42 Å². The summed E-state index contributed by atoms with van der Waals surface area (Å²) >= 11 is 0. The Kier molecular flexibility index (Phi) is 29.3. The number of amides is 1. The van der Waals surface area contributed by atoms with Crippen LogP contribution in [-0.2, 0) is 14.9 Å². The normalized spacial score (nSPS) is 14.9. The van der Waals surface area contributed by atoms with Gasteiger partial charge >= 0.3 is 0 Å². The first-order chi connectivity index (χ1) is 21.7. The van der Waals surface area contributed by atoms with E-state index in [0.717, 1.165) is 64.2 Å². The fourth-order valence-corrected chi connectivity index (χ4v) is 5.50. The van der Waals surface area contributed by atoms with Gasteiger partial charge in [-0.25, -0.2) is 0 Å². The molecular weight excluding hydrogens is 586 g/mol. The van der Waals surface area contributed by atoms with Gasteiger partial charge in [0.05, 0.1) is 17.9 Å². The van der Waals surface area contributed by atoms with Gasteiger partial charge in [-0.05, 0) is 70.6 Å². The molecule has 8 heteroatoms. The molecule has 0 saturated carbocycles. The third-order valence-corrected chi connectivity index (χ3v) is 8.31. The van der Waals surface area contributed by atoms with E-state index < -0.39 is 40.0 Å². The lowest BCUT2D eigenvalue weighted by Gasteiger charge is -2.22. The molecule has 0 aromatic carbocycles. The molecule has 0 aliphatic heterocycles. The van der Waals surface area contributed by atoms with E-state index in [2.05, 4.69) is 67.8 Å². The molecule has 0 aromatic heterocycles. The van der Waals surface area contributed by atoms with E-state index >= 15 is 0 Å². The Morgan fingerprint density at radius 3 is 1.64 bits per heavy atom. The lowest BCUT2D eigenvalue weighted by Crippen LogP contribution is -2.50. The first kappa shape index (κ1) is 43.0. The highest BCUT2D eigenvalue weighted by molar-refractivity contribution is 7.85. The van der Waals surface area contributed by atoms with E-state index in [1.54, 1.807) is 6.08 Å². The molecular formula is C37H65NO6S. The van der Waals surface area contributed by atoms with Gasteiger partial charge in [0.1, 0.15) is 6.10 Å². The van der Waals surface area contributed by atoms with E-state index in [0.29, 0.717) is 12.8 Å². The molecule has 0 aromatic rings. The predicted octanol–water partition coefficient (Wildman–Crippen LogP) is 8.70. The van der Waals surface area contributed by atoms with Gasteiger partial charge in [0, 0.05) is 0 Å². The monoisotopic (exact) mass is 651 g/mol. The summed E-state index contributed by atoms with van der Waals surface area (Å²) in [7, 11) is -4.46. The van der Waals surface area contributed by atoms with Crippen LogP contribution in [0.25, 0.3) is 0 Å². The summed E-state index contributed by atoms with van der Waals surface area (Å²) in [4.78, 5) is 12.5. The zero-order valence-corrected chi connectivity index (χ0v) is 29.1. The second-order valence-electron chi connectivity index (χ2n) is 11.9. The van der Waals surface area contributed by atoms with Crippen molar-refractivity contribution in [2.24, 2.45) is 0 Å². The summed E-state index contributed by atoms with van der Waals surface area (Å²) in [5.74, 6) is -1.59. The van der Waals surface area contributed by atoms with E-state index in [4.69, 9.17) is 0 Å². The maximum atomic E-state index is 12.5. The summed E-state index contributed by atoms with van der Waals surface area (Å²) < 4.78 is 32.3. The molecule has 0 bridgehead atoms. The largest absolute Gasteiger partial charge is 0.387 e. The van der Waals surface area contributed by atoms with Crippen molar-refractivity contribution in [2.75, 3.05) is 5.75 Å². The standard InChI is InChI=1S/C37H65NO6S/c1-3-5-7-9-11-13-15-17-19-21-23-25-27-29-31-35(39)34(33-45(42,43)44)38-37(41)36(40)32-30-28-26-24-22-20-18-16-14-12-10-8-6-4-2/h12-16,18,21,23,29,31,34-36,39-40H,3-11,17,19-20,22,24-28,30,32-33H2,1-2H3,(H,38,41)(H,42,43,44)/b14-12-,15-13+,18-16-,23-21+,31-29+. The van der Waals surface area contributed by atoms with Crippen molar-refractivity contribution in [1.82, 2.24) is 5.32 Å². The van der Waals surface area contributed by atoms with Crippen molar-refractivity contribution in [3.8, 4) is 0 Å².